The molecule has 0 radical (unpaired) electrons. The molecular weight excluding hydrogens is 204 g/mol. The molecule has 5 nitrogen and oxygen atoms in total. The van der Waals surface area contributed by atoms with Gasteiger partial charge in [0.1, 0.15) is 0 Å². The number of hydrogen-bond acceptors (Lipinski definition) is 3. The molecule has 1 aromatic rings. The van der Waals surface area contributed by atoms with Gasteiger partial charge in [0.2, 0.25) is 0 Å². The van der Waals surface area contributed by atoms with Crippen LogP contribution in [0.2, 0.25) is 0 Å². The van der Waals surface area contributed by atoms with E-state index in [-0.39, 0.29) is 5.91 Å². The van der Waals surface area contributed by atoms with E-state index in [9.17, 15) is 4.79 Å². The highest BCUT2D eigenvalue weighted by molar-refractivity contribution is 5.94. The Labute approximate surface area is 95.2 Å². The molecule has 1 fully saturated rings. The average molecular weight is 222 g/mol. The number of nitrogens with zero attached hydrogens (tertiary/aromatic N) is 2. The van der Waals surface area contributed by atoms with Crippen LogP contribution in [0.25, 0.3) is 0 Å². The van der Waals surface area contributed by atoms with Gasteiger partial charge in [-0.1, -0.05) is 0 Å². The molecule has 2 rings (SSSR count). The van der Waals surface area contributed by atoms with Crippen LogP contribution >= 0.6 is 0 Å². The minimum atomic E-state index is -0.0162. The Morgan fingerprint density at radius 3 is 3.12 bits per heavy atom. The van der Waals surface area contributed by atoms with Crippen molar-refractivity contribution in [2.75, 3.05) is 19.6 Å². The largest absolute Gasteiger partial charge is 0.352 e. The highest BCUT2D eigenvalue weighted by Gasteiger charge is 2.17. The molecule has 5 heteroatoms. The van der Waals surface area contributed by atoms with Crippen molar-refractivity contribution in [3.8, 4) is 0 Å². The van der Waals surface area contributed by atoms with Crippen molar-refractivity contribution in [1.82, 2.24) is 20.4 Å². The fourth-order valence-electron chi connectivity index (χ4n) is 1.94. The van der Waals surface area contributed by atoms with Crippen LogP contribution in [0.4, 0.5) is 0 Å². The van der Waals surface area contributed by atoms with Crippen molar-refractivity contribution >= 4 is 5.91 Å². The first-order chi connectivity index (χ1) is 7.68. The zero-order valence-electron chi connectivity index (χ0n) is 9.79. The molecule has 1 saturated heterocycles. The van der Waals surface area contributed by atoms with Gasteiger partial charge < -0.3 is 10.6 Å². The summed E-state index contributed by atoms with van der Waals surface area (Å²) < 4.78 is 1.71. The minimum Gasteiger partial charge on any atom is -0.352 e. The lowest BCUT2D eigenvalue weighted by molar-refractivity contribution is 0.0947. The van der Waals surface area contributed by atoms with Gasteiger partial charge in [0.15, 0.2) is 0 Å². The van der Waals surface area contributed by atoms with Crippen molar-refractivity contribution in [1.29, 1.82) is 0 Å². The minimum absolute atomic E-state index is 0.0162. The lowest BCUT2D eigenvalue weighted by Gasteiger charge is -2.09. The third-order valence-electron chi connectivity index (χ3n) is 3.19. The Hall–Kier alpha value is -1.36. The van der Waals surface area contributed by atoms with E-state index in [0.29, 0.717) is 11.5 Å². The van der Waals surface area contributed by atoms with Crippen molar-refractivity contribution in [2.24, 2.45) is 13.0 Å². The number of aromatic nitrogens is 2. The summed E-state index contributed by atoms with van der Waals surface area (Å²) in [5.74, 6) is 0.554. The molecular formula is C11H18N4O. The predicted molar refractivity (Wildman–Crippen MR) is 61.3 cm³/mol. The number of carbonyl (C=O) groups is 1. The first-order valence-electron chi connectivity index (χ1n) is 5.66. The summed E-state index contributed by atoms with van der Waals surface area (Å²) >= 11 is 0. The SMILES string of the molecule is Cc1c(C(=O)NCC2CCNC2)cnn1C. The highest BCUT2D eigenvalue weighted by Crippen LogP contribution is 2.08. The molecule has 0 aromatic carbocycles. The Kier molecular flexibility index (Phi) is 3.24. The molecule has 2 N–H and O–H groups in total. The zero-order chi connectivity index (χ0) is 11.5. The van der Waals surface area contributed by atoms with Crippen LogP contribution in [-0.4, -0.2) is 35.3 Å². The summed E-state index contributed by atoms with van der Waals surface area (Å²) in [6.07, 6.45) is 2.77. The van der Waals surface area contributed by atoms with Crippen molar-refractivity contribution < 1.29 is 4.79 Å². The third-order valence-corrected chi connectivity index (χ3v) is 3.19. The van der Waals surface area contributed by atoms with Gasteiger partial charge in [0.25, 0.3) is 5.91 Å². The average Bonchev–Trinajstić information content (AvgIpc) is 2.88. The van der Waals surface area contributed by atoms with Crippen LogP contribution in [-0.2, 0) is 7.05 Å². The van der Waals surface area contributed by atoms with Crippen LogP contribution in [0.5, 0.6) is 0 Å². The number of aryl methyl sites for hydroxylation is 1. The van der Waals surface area contributed by atoms with Gasteiger partial charge in [0, 0.05) is 19.3 Å². The molecule has 16 heavy (non-hydrogen) atoms. The van der Waals surface area contributed by atoms with E-state index in [2.05, 4.69) is 15.7 Å². The Morgan fingerprint density at radius 2 is 2.56 bits per heavy atom. The Morgan fingerprint density at radius 1 is 1.75 bits per heavy atom. The molecule has 0 aliphatic carbocycles. The summed E-state index contributed by atoms with van der Waals surface area (Å²) in [4.78, 5) is 11.9. The topological polar surface area (TPSA) is 59.0 Å². The smallest absolute Gasteiger partial charge is 0.254 e. The van der Waals surface area contributed by atoms with E-state index in [4.69, 9.17) is 0 Å². The maximum atomic E-state index is 11.9. The van der Waals surface area contributed by atoms with E-state index < -0.39 is 0 Å². The number of carbonyl (C=O) groups excluding carboxylic acids is 1. The van der Waals surface area contributed by atoms with E-state index >= 15 is 0 Å². The first kappa shape index (κ1) is 11.1. The van der Waals surface area contributed by atoms with Crippen molar-refractivity contribution in [3.63, 3.8) is 0 Å². The predicted octanol–water partition coefficient (Wildman–Crippen LogP) is 0.0678. The molecule has 1 unspecified atom stereocenters. The van der Waals surface area contributed by atoms with Crippen molar-refractivity contribution in [3.05, 3.63) is 17.5 Å². The van der Waals surface area contributed by atoms with Crippen LogP contribution in [0.3, 0.4) is 0 Å². The standard InChI is InChI=1S/C11H18N4O/c1-8-10(7-14-15(8)2)11(16)13-6-9-3-4-12-5-9/h7,9,12H,3-6H2,1-2H3,(H,13,16). The maximum Gasteiger partial charge on any atom is 0.254 e. The highest BCUT2D eigenvalue weighted by atomic mass is 16.1. The monoisotopic (exact) mass is 222 g/mol. The van der Waals surface area contributed by atoms with Gasteiger partial charge in [-0.3, -0.25) is 9.48 Å². The van der Waals surface area contributed by atoms with Crippen LogP contribution in [0, 0.1) is 12.8 Å². The molecule has 1 aliphatic heterocycles. The quantitative estimate of drug-likeness (QED) is 0.761. The van der Waals surface area contributed by atoms with Crippen molar-refractivity contribution in [2.45, 2.75) is 13.3 Å². The van der Waals surface area contributed by atoms with Crippen LogP contribution in [0.15, 0.2) is 6.20 Å². The summed E-state index contributed by atoms with van der Waals surface area (Å²) in [6, 6.07) is 0. The number of rotatable bonds is 3. The number of amides is 1. The lowest BCUT2D eigenvalue weighted by atomic mass is 10.1. The molecule has 0 bridgehead atoms. The van der Waals surface area contributed by atoms with Crippen LogP contribution < -0.4 is 10.6 Å². The molecule has 1 atom stereocenters. The Bertz CT molecular complexity index is 379. The second-order valence-corrected chi connectivity index (χ2v) is 4.34. The molecule has 88 valence electrons. The summed E-state index contributed by atoms with van der Waals surface area (Å²) in [5, 5.41) is 10.3. The van der Waals surface area contributed by atoms with Gasteiger partial charge in [0.05, 0.1) is 11.8 Å². The molecule has 1 aliphatic rings. The number of hydrogen-bond donors (Lipinski definition) is 2. The fraction of sp³-hybridized carbons (Fsp3) is 0.636. The fourth-order valence-corrected chi connectivity index (χ4v) is 1.94. The first-order valence-corrected chi connectivity index (χ1v) is 5.66. The summed E-state index contributed by atoms with van der Waals surface area (Å²) in [7, 11) is 1.84. The lowest BCUT2D eigenvalue weighted by Crippen LogP contribution is -2.30. The summed E-state index contributed by atoms with van der Waals surface area (Å²) in [6.45, 7) is 4.72. The normalized spacial score (nSPS) is 20.0. The molecule has 0 saturated carbocycles. The van der Waals surface area contributed by atoms with Gasteiger partial charge in [-0.25, -0.2) is 0 Å². The Balaban J connectivity index is 1.90. The second kappa shape index (κ2) is 4.65. The zero-order valence-corrected chi connectivity index (χ0v) is 9.79. The van der Waals surface area contributed by atoms with E-state index in [0.717, 1.165) is 31.7 Å². The molecule has 2 heterocycles. The van der Waals surface area contributed by atoms with E-state index in [1.54, 1.807) is 10.9 Å². The summed E-state index contributed by atoms with van der Waals surface area (Å²) in [5.41, 5.74) is 1.58. The molecule has 0 spiro atoms. The third kappa shape index (κ3) is 2.24. The maximum absolute atomic E-state index is 11.9. The second-order valence-electron chi connectivity index (χ2n) is 4.34. The molecule has 1 aromatic heterocycles. The van der Waals surface area contributed by atoms with Gasteiger partial charge in [-0.2, -0.15) is 5.10 Å². The van der Waals surface area contributed by atoms with E-state index in [1.165, 1.54) is 0 Å². The van der Waals surface area contributed by atoms with Gasteiger partial charge in [-0.05, 0) is 32.4 Å². The van der Waals surface area contributed by atoms with Gasteiger partial charge >= 0.3 is 0 Å². The van der Waals surface area contributed by atoms with Gasteiger partial charge in [-0.15, -0.1) is 0 Å². The number of nitrogens with one attached hydrogen (secondary N) is 2. The molecule has 1 amide bonds. The van der Waals surface area contributed by atoms with E-state index in [1.807, 2.05) is 14.0 Å². The van der Waals surface area contributed by atoms with Crippen LogP contribution in [0.1, 0.15) is 22.5 Å².